The third-order valence-electron chi connectivity index (χ3n) is 4.62. The fourth-order valence-electron chi connectivity index (χ4n) is 2.92. The zero-order chi connectivity index (χ0) is 18.0. The Labute approximate surface area is 145 Å². The normalized spacial score (nSPS) is 16.6. The van der Waals surface area contributed by atoms with E-state index in [0.717, 1.165) is 12.8 Å². The molecule has 2 heterocycles. The van der Waals surface area contributed by atoms with Gasteiger partial charge < -0.3 is 19.5 Å². The minimum Gasteiger partial charge on any atom is -0.494 e. The smallest absolute Gasteiger partial charge is 0.321 e. The molecule has 25 heavy (non-hydrogen) atoms. The van der Waals surface area contributed by atoms with E-state index in [4.69, 9.17) is 9.26 Å². The summed E-state index contributed by atoms with van der Waals surface area (Å²) < 4.78 is 23.7. The lowest BCUT2D eigenvalue weighted by atomic mass is 9.80. The number of urea groups is 1. The molecule has 0 saturated carbocycles. The molecule has 8 heteroatoms. The van der Waals surface area contributed by atoms with Crippen LogP contribution in [-0.2, 0) is 5.41 Å². The van der Waals surface area contributed by atoms with Crippen molar-refractivity contribution in [3.05, 3.63) is 35.7 Å². The molecule has 0 unspecified atom stereocenters. The molecule has 1 fully saturated rings. The molecule has 0 atom stereocenters. The average Bonchev–Trinajstić information content (AvgIpc) is 3.03. The Kier molecular flexibility index (Phi) is 4.61. The van der Waals surface area contributed by atoms with Gasteiger partial charge in [0.2, 0.25) is 5.89 Å². The highest BCUT2D eigenvalue weighted by Crippen LogP contribution is 2.33. The maximum absolute atomic E-state index is 13.7. The molecular weight excluding hydrogens is 327 g/mol. The standard InChI is InChI=1S/C17H21FN4O3/c1-11-19-15(21-25-11)17(2)6-8-22(9-7-17)16(23)20-12-4-5-14(24-3)13(18)10-12/h4-5,10H,6-9H2,1-3H3,(H,20,23). The lowest BCUT2D eigenvalue weighted by Crippen LogP contribution is -2.46. The Morgan fingerprint density at radius 2 is 2.12 bits per heavy atom. The number of amides is 2. The van der Waals surface area contributed by atoms with Gasteiger partial charge in [0.05, 0.1) is 7.11 Å². The number of benzene rings is 1. The van der Waals surface area contributed by atoms with Gasteiger partial charge in [-0.1, -0.05) is 12.1 Å². The second kappa shape index (κ2) is 6.70. The summed E-state index contributed by atoms with van der Waals surface area (Å²) >= 11 is 0. The average molecular weight is 348 g/mol. The van der Waals surface area contributed by atoms with Crippen molar-refractivity contribution < 1.29 is 18.4 Å². The number of rotatable bonds is 3. The van der Waals surface area contributed by atoms with Gasteiger partial charge in [-0.3, -0.25) is 0 Å². The van der Waals surface area contributed by atoms with Crippen molar-refractivity contribution in [2.75, 3.05) is 25.5 Å². The Bertz CT molecular complexity index is 769. The number of carbonyl (C=O) groups is 1. The largest absolute Gasteiger partial charge is 0.494 e. The fourth-order valence-corrected chi connectivity index (χ4v) is 2.92. The molecule has 1 aromatic carbocycles. The van der Waals surface area contributed by atoms with E-state index in [2.05, 4.69) is 22.4 Å². The monoisotopic (exact) mass is 348 g/mol. The Balaban J connectivity index is 1.61. The quantitative estimate of drug-likeness (QED) is 0.922. The molecule has 0 bridgehead atoms. The van der Waals surface area contributed by atoms with E-state index in [1.165, 1.54) is 19.2 Å². The molecule has 2 aromatic rings. The molecular formula is C17H21FN4O3. The molecule has 1 aliphatic heterocycles. The highest BCUT2D eigenvalue weighted by atomic mass is 19.1. The van der Waals surface area contributed by atoms with Crippen LogP contribution in [0, 0.1) is 12.7 Å². The fraction of sp³-hybridized carbons (Fsp3) is 0.471. The topological polar surface area (TPSA) is 80.5 Å². The van der Waals surface area contributed by atoms with E-state index < -0.39 is 5.82 Å². The van der Waals surface area contributed by atoms with Crippen molar-refractivity contribution in [2.45, 2.75) is 32.1 Å². The first kappa shape index (κ1) is 17.2. The summed E-state index contributed by atoms with van der Waals surface area (Å²) in [7, 11) is 1.40. The number of halogens is 1. The van der Waals surface area contributed by atoms with Crippen LogP contribution in [0.1, 0.15) is 31.5 Å². The number of aromatic nitrogens is 2. The molecule has 2 amide bonds. The summed E-state index contributed by atoms with van der Waals surface area (Å²) in [6.07, 6.45) is 1.47. The van der Waals surface area contributed by atoms with Crippen molar-refractivity contribution in [2.24, 2.45) is 0 Å². The zero-order valence-corrected chi connectivity index (χ0v) is 14.5. The number of nitrogens with zero attached hydrogens (tertiary/aromatic N) is 3. The molecule has 1 aliphatic rings. The Morgan fingerprint density at radius 1 is 1.40 bits per heavy atom. The number of methoxy groups -OCH3 is 1. The molecule has 3 rings (SSSR count). The van der Waals surface area contributed by atoms with Gasteiger partial charge in [0.25, 0.3) is 0 Å². The molecule has 1 N–H and O–H groups in total. The molecule has 134 valence electrons. The summed E-state index contributed by atoms with van der Waals surface area (Å²) in [5, 5.41) is 6.73. The highest BCUT2D eigenvalue weighted by Gasteiger charge is 2.37. The van der Waals surface area contributed by atoms with Gasteiger partial charge >= 0.3 is 6.03 Å². The first-order chi connectivity index (χ1) is 11.9. The van der Waals surface area contributed by atoms with E-state index in [-0.39, 0.29) is 17.2 Å². The maximum atomic E-state index is 13.7. The minimum absolute atomic E-state index is 0.141. The number of anilines is 1. The lowest BCUT2D eigenvalue weighted by Gasteiger charge is -2.37. The van der Waals surface area contributed by atoms with Crippen molar-refractivity contribution in [3.63, 3.8) is 0 Å². The number of hydrogen-bond donors (Lipinski definition) is 1. The second-order valence-electron chi connectivity index (χ2n) is 6.46. The highest BCUT2D eigenvalue weighted by molar-refractivity contribution is 5.89. The van der Waals surface area contributed by atoms with Gasteiger partial charge in [0.1, 0.15) is 0 Å². The van der Waals surface area contributed by atoms with Crippen molar-refractivity contribution in [1.29, 1.82) is 0 Å². The van der Waals surface area contributed by atoms with Gasteiger partial charge in [-0.05, 0) is 25.0 Å². The number of piperidine rings is 1. The van der Waals surface area contributed by atoms with Gasteiger partial charge in [0, 0.05) is 37.2 Å². The minimum atomic E-state index is -0.515. The number of likely N-dealkylation sites (tertiary alicyclic amines) is 1. The van der Waals surface area contributed by atoms with E-state index >= 15 is 0 Å². The number of nitrogens with one attached hydrogen (secondary N) is 1. The molecule has 0 spiro atoms. The predicted molar refractivity (Wildman–Crippen MR) is 89.2 cm³/mol. The summed E-state index contributed by atoms with van der Waals surface area (Å²) in [5.74, 6) is 0.848. The van der Waals surface area contributed by atoms with Gasteiger partial charge in [0.15, 0.2) is 17.4 Å². The van der Waals surface area contributed by atoms with Crippen LogP contribution in [0.2, 0.25) is 0 Å². The summed E-state index contributed by atoms with van der Waals surface area (Å²) in [5.41, 5.74) is 0.186. The van der Waals surface area contributed by atoms with Crippen LogP contribution in [0.3, 0.4) is 0 Å². The van der Waals surface area contributed by atoms with Gasteiger partial charge in [-0.15, -0.1) is 0 Å². The summed E-state index contributed by atoms with van der Waals surface area (Å²) in [6, 6.07) is 4.08. The van der Waals surface area contributed by atoms with Crippen LogP contribution < -0.4 is 10.1 Å². The number of hydrogen-bond acceptors (Lipinski definition) is 5. The van der Waals surface area contributed by atoms with E-state index in [9.17, 15) is 9.18 Å². The molecule has 1 aromatic heterocycles. The number of ether oxygens (including phenoxy) is 1. The van der Waals surface area contributed by atoms with Crippen molar-refractivity contribution in [1.82, 2.24) is 15.0 Å². The second-order valence-corrected chi connectivity index (χ2v) is 6.46. The molecule has 7 nitrogen and oxygen atoms in total. The third-order valence-corrected chi connectivity index (χ3v) is 4.62. The summed E-state index contributed by atoms with van der Waals surface area (Å²) in [4.78, 5) is 18.4. The third kappa shape index (κ3) is 3.57. The van der Waals surface area contributed by atoms with E-state index in [1.54, 1.807) is 17.9 Å². The van der Waals surface area contributed by atoms with Crippen LogP contribution in [0.4, 0.5) is 14.9 Å². The lowest BCUT2D eigenvalue weighted by molar-refractivity contribution is 0.169. The first-order valence-corrected chi connectivity index (χ1v) is 8.11. The Morgan fingerprint density at radius 3 is 2.68 bits per heavy atom. The zero-order valence-electron chi connectivity index (χ0n) is 14.5. The van der Waals surface area contributed by atoms with Crippen LogP contribution >= 0.6 is 0 Å². The molecule has 0 radical (unpaired) electrons. The van der Waals surface area contributed by atoms with Gasteiger partial charge in [-0.25, -0.2) is 9.18 Å². The summed E-state index contributed by atoms with van der Waals surface area (Å²) in [6.45, 7) is 4.96. The van der Waals surface area contributed by atoms with Crippen LogP contribution in [-0.4, -0.2) is 41.3 Å². The predicted octanol–water partition coefficient (Wildman–Crippen LogP) is 3.11. The maximum Gasteiger partial charge on any atom is 0.321 e. The Hall–Kier alpha value is -2.64. The van der Waals surface area contributed by atoms with Crippen LogP contribution in [0.5, 0.6) is 5.75 Å². The van der Waals surface area contributed by atoms with Crippen LogP contribution in [0.15, 0.2) is 22.7 Å². The van der Waals surface area contributed by atoms with Crippen LogP contribution in [0.25, 0.3) is 0 Å². The molecule has 0 aliphatic carbocycles. The SMILES string of the molecule is COc1ccc(NC(=O)N2CCC(C)(c3noc(C)n3)CC2)cc1F. The number of aryl methyl sites for hydroxylation is 1. The number of carbonyl (C=O) groups excluding carboxylic acids is 1. The van der Waals surface area contributed by atoms with Crippen molar-refractivity contribution >= 4 is 11.7 Å². The van der Waals surface area contributed by atoms with Gasteiger partial charge in [-0.2, -0.15) is 4.98 Å². The van der Waals surface area contributed by atoms with Crippen molar-refractivity contribution in [3.8, 4) is 5.75 Å². The van der Waals surface area contributed by atoms with E-state index in [0.29, 0.717) is 30.5 Å². The van der Waals surface area contributed by atoms with E-state index in [1.807, 2.05) is 0 Å². The molecule has 1 saturated heterocycles. The first-order valence-electron chi connectivity index (χ1n) is 8.11.